The molecule has 1 heterocycles. The van der Waals surface area contributed by atoms with Crippen LogP contribution in [-0.4, -0.2) is 54.1 Å². The van der Waals surface area contributed by atoms with Crippen LogP contribution in [0.3, 0.4) is 0 Å². The fourth-order valence-corrected chi connectivity index (χ4v) is 4.27. The zero-order chi connectivity index (χ0) is 12.0. The average Bonchev–Trinajstić information content (AvgIpc) is 2.80. The first-order chi connectivity index (χ1) is 7.70. The smallest absolute Gasteiger partial charge is 0.0254 e. The van der Waals surface area contributed by atoms with Crippen molar-refractivity contribution in [3.63, 3.8) is 0 Å². The minimum Gasteiger partial charge on any atom is -0.329 e. The second kappa shape index (κ2) is 7.85. The van der Waals surface area contributed by atoms with Crippen molar-refractivity contribution < 1.29 is 0 Å². The van der Waals surface area contributed by atoms with E-state index in [4.69, 9.17) is 5.73 Å². The maximum Gasteiger partial charge on any atom is 0.0254 e. The molecule has 0 aromatic carbocycles. The Morgan fingerprint density at radius 1 is 1.56 bits per heavy atom. The Morgan fingerprint density at radius 2 is 2.31 bits per heavy atom. The van der Waals surface area contributed by atoms with Crippen LogP contribution in [0.2, 0.25) is 0 Å². The van der Waals surface area contributed by atoms with E-state index >= 15 is 0 Å². The van der Waals surface area contributed by atoms with Gasteiger partial charge in [0.1, 0.15) is 0 Å². The van der Waals surface area contributed by atoms with Gasteiger partial charge in [-0.25, -0.2) is 0 Å². The number of hydrogen-bond acceptors (Lipinski definition) is 4. The molecule has 1 rings (SSSR count). The summed E-state index contributed by atoms with van der Waals surface area (Å²) >= 11 is 4.02. The van der Waals surface area contributed by atoms with Gasteiger partial charge in [0.2, 0.25) is 0 Å². The highest BCUT2D eigenvalue weighted by atomic mass is 32.2. The van der Waals surface area contributed by atoms with Gasteiger partial charge in [-0.05, 0) is 56.2 Å². The first-order valence-corrected chi connectivity index (χ1v) is 8.74. The summed E-state index contributed by atoms with van der Waals surface area (Å²) in [6.07, 6.45) is 4.81. The highest BCUT2D eigenvalue weighted by Gasteiger charge is 2.29. The molecule has 1 saturated heterocycles. The van der Waals surface area contributed by atoms with Crippen LogP contribution in [0.4, 0.5) is 0 Å². The van der Waals surface area contributed by atoms with Gasteiger partial charge in [0, 0.05) is 18.6 Å². The van der Waals surface area contributed by atoms with Gasteiger partial charge in [0.15, 0.2) is 0 Å². The van der Waals surface area contributed by atoms with Crippen molar-refractivity contribution in [2.24, 2.45) is 11.7 Å². The topological polar surface area (TPSA) is 29.3 Å². The van der Waals surface area contributed by atoms with Crippen molar-refractivity contribution in [3.8, 4) is 0 Å². The molecule has 2 N–H and O–H groups in total. The summed E-state index contributed by atoms with van der Waals surface area (Å²) < 4.78 is 0. The molecule has 0 radical (unpaired) electrons. The highest BCUT2D eigenvalue weighted by Crippen LogP contribution is 2.29. The number of nitrogens with zero attached hydrogens (tertiary/aromatic N) is 1. The number of rotatable bonds is 7. The fraction of sp³-hybridized carbons (Fsp3) is 1.00. The lowest BCUT2D eigenvalue weighted by molar-refractivity contribution is 0.143. The normalized spacial score (nSPS) is 24.9. The van der Waals surface area contributed by atoms with Crippen LogP contribution in [0.5, 0.6) is 0 Å². The fourth-order valence-electron chi connectivity index (χ4n) is 2.37. The zero-order valence-electron chi connectivity index (χ0n) is 10.8. The SMILES string of the molecule is CSCCC(C)N(C)C(CN)C1CCSC1. The maximum atomic E-state index is 5.96. The predicted octanol–water partition coefficient (Wildman–Crippen LogP) is 2.14. The molecule has 3 atom stereocenters. The highest BCUT2D eigenvalue weighted by molar-refractivity contribution is 7.99. The Morgan fingerprint density at radius 3 is 2.81 bits per heavy atom. The zero-order valence-corrected chi connectivity index (χ0v) is 12.4. The van der Waals surface area contributed by atoms with E-state index in [0.717, 1.165) is 12.5 Å². The number of thioether (sulfide) groups is 2. The van der Waals surface area contributed by atoms with Crippen molar-refractivity contribution in [2.45, 2.75) is 31.8 Å². The first-order valence-electron chi connectivity index (χ1n) is 6.19. The molecule has 0 spiro atoms. The summed E-state index contributed by atoms with van der Waals surface area (Å²) in [6, 6.07) is 1.25. The molecule has 1 aliphatic rings. The van der Waals surface area contributed by atoms with Gasteiger partial charge < -0.3 is 5.73 Å². The summed E-state index contributed by atoms with van der Waals surface area (Å²) in [5.74, 6) is 4.70. The van der Waals surface area contributed by atoms with Gasteiger partial charge in [0.25, 0.3) is 0 Å². The molecule has 16 heavy (non-hydrogen) atoms. The molecule has 0 aromatic rings. The molecule has 0 bridgehead atoms. The quantitative estimate of drug-likeness (QED) is 0.761. The molecule has 0 saturated carbocycles. The Labute approximate surface area is 109 Å². The number of hydrogen-bond donors (Lipinski definition) is 1. The molecule has 4 heteroatoms. The van der Waals surface area contributed by atoms with Crippen molar-refractivity contribution in [2.75, 3.05) is 37.1 Å². The van der Waals surface area contributed by atoms with E-state index in [2.05, 4.69) is 36.9 Å². The Bertz CT molecular complexity index is 184. The minimum absolute atomic E-state index is 0.590. The third-order valence-corrected chi connectivity index (χ3v) is 5.54. The standard InChI is InChI=1S/C12H26N2S2/c1-10(4-6-15-3)14(2)12(8-13)11-5-7-16-9-11/h10-12H,4-9,13H2,1-3H3. The Hall–Kier alpha value is 0.620. The predicted molar refractivity (Wildman–Crippen MR) is 78.5 cm³/mol. The van der Waals surface area contributed by atoms with Crippen LogP contribution in [0.15, 0.2) is 0 Å². The van der Waals surface area contributed by atoms with Gasteiger partial charge in [-0.3, -0.25) is 4.90 Å². The van der Waals surface area contributed by atoms with Crippen LogP contribution < -0.4 is 5.73 Å². The molecule has 1 aliphatic heterocycles. The van der Waals surface area contributed by atoms with E-state index in [0.29, 0.717) is 12.1 Å². The molecule has 1 fully saturated rings. The van der Waals surface area contributed by atoms with E-state index in [1.807, 2.05) is 11.8 Å². The second-order valence-electron chi connectivity index (χ2n) is 4.72. The lowest BCUT2D eigenvalue weighted by atomic mass is 9.96. The van der Waals surface area contributed by atoms with Crippen molar-refractivity contribution in [1.29, 1.82) is 0 Å². The average molecular weight is 262 g/mol. The second-order valence-corrected chi connectivity index (χ2v) is 6.86. The van der Waals surface area contributed by atoms with Crippen molar-refractivity contribution in [1.82, 2.24) is 4.90 Å². The molecular formula is C12H26N2S2. The van der Waals surface area contributed by atoms with Gasteiger partial charge in [-0.1, -0.05) is 0 Å². The van der Waals surface area contributed by atoms with Crippen LogP contribution in [0.25, 0.3) is 0 Å². The largest absolute Gasteiger partial charge is 0.329 e. The van der Waals surface area contributed by atoms with Crippen LogP contribution >= 0.6 is 23.5 Å². The molecular weight excluding hydrogens is 236 g/mol. The number of nitrogens with two attached hydrogens (primary N) is 1. The summed E-state index contributed by atoms with van der Waals surface area (Å²) in [7, 11) is 2.26. The Balaban J connectivity index is 2.43. The molecule has 96 valence electrons. The Kier molecular flexibility index (Phi) is 7.20. The van der Waals surface area contributed by atoms with E-state index < -0.39 is 0 Å². The van der Waals surface area contributed by atoms with Crippen LogP contribution in [-0.2, 0) is 0 Å². The van der Waals surface area contributed by atoms with Gasteiger partial charge >= 0.3 is 0 Å². The van der Waals surface area contributed by atoms with Gasteiger partial charge in [0.05, 0.1) is 0 Å². The van der Waals surface area contributed by atoms with E-state index in [9.17, 15) is 0 Å². The summed E-state index contributed by atoms with van der Waals surface area (Å²) in [5, 5.41) is 0. The van der Waals surface area contributed by atoms with E-state index in [-0.39, 0.29) is 0 Å². The summed E-state index contributed by atoms with van der Waals surface area (Å²) in [6.45, 7) is 3.15. The summed E-state index contributed by atoms with van der Waals surface area (Å²) in [5.41, 5.74) is 5.96. The molecule has 0 amide bonds. The third-order valence-electron chi connectivity index (χ3n) is 3.71. The lowest BCUT2D eigenvalue weighted by Crippen LogP contribution is -2.47. The van der Waals surface area contributed by atoms with E-state index in [1.165, 1.54) is 30.1 Å². The van der Waals surface area contributed by atoms with Crippen LogP contribution in [0, 0.1) is 5.92 Å². The van der Waals surface area contributed by atoms with Gasteiger partial charge in [-0.2, -0.15) is 23.5 Å². The summed E-state index contributed by atoms with van der Waals surface area (Å²) in [4.78, 5) is 2.52. The molecule has 2 nitrogen and oxygen atoms in total. The van der Waals surface area contributed by atoms with E-state index in [1.54, 1.807) is 0 Å². The van der Waals surface area contributed by atoms with Crippen molar-refractivity contribution in [3.05, 3.63) is 0 Å². The third kappa shape index (κ3) is 4.13. The van der Waals surface area contributed by atoms with Gasteiger partial charge in [-0.15, -0.1) is 0 Å². The molecule has 0 aliphatic carbocycles. The first kappa shape index (κ1) is 14.7. The van der Waals surface area contributed by atoms with Crippen LogP contribution in [0.1, 0.15) is 19.8 Å². The molecule has 0 aromatic heterocycles. The maximum absolute atomic E-state index is 5.96. The minimum atomic E-state index is 0.590. The monoisotopic (exact) mass is 262 g/mol. The lowest BCUT2D eigenvalue weighted by Gasteiger charge is -2.36. The number of likely N-dealkylation sites (N-methyl/N-ethyl adjacent to an activating group) is 1. The van der Waals surface area contributed by atoms with Crippen molar-refractivity contribution >= 4 is 23.5 Å². The molecule has 3 unspecified atom stereocenters.